The van der Waals surface area contributed by atoms with E-state index in [1.165, 1.54) is 29.6 Å². The van der Waals surface area contributed by atoms with Crippen molar-refractivity contribution in [2.45, 2.75) is 32.5 Å². The van der Waals surface area contributed by atoms with Gasteiger partial charge in [-0.15, -0.1) is 5.10 Å². The van der Waals surface area contributed by atoms with Gasteiger partial charge >= 0.3 is 5.16 Å². The third-order valence-electron chi connectivity index (χ3n) is 4.40. The van der Waals surface area contributed by atoms with Crippen molar-refractivity contribution in [3.8, 4) is 22.9 Å². The molecule has 0 radical (unpaired) electrons. The lowest BCUT2D eigenvalue weighted by atomic mass is 10.1. The zero-order valence-electron chi connectivity index (χ0n) is 17.7. The number of hydrogen-bond donors (Lipinski definition) is 2. The van der Waals surface area contributed by atoms with E-state index in [1.54, 1.807) is 12.1 Å². The Labute approximate surface area is 185 Å². The molecule has 31 heavy (non-hydrogen) atoms. The van der Waals surface area contributed by atoms with Crippen molar-refractivity contribution in [3.63, 3.8) is 0 Å². The van der Waals surface area contributed by atoms with E-state index in [1.807, 2.05) is 37.5 Å². The summed E-state index contributed by atoms with van der Waals surface area (Å²) in [6.07, 6.45) is 1.47. The normalized spacial score (nSPS) is 11.1. The summed E-state index contributed by atoms with van der Waals surface area (Å²) in [5.74, 6) is 0.886. The van der Waals surface area contributed by atoms with Crippen LogP contribution in [-0.4, -0.2) is 34.7 Å². The highest BCUT2D eigenvalue weighted by atomic mass is 32.2. The smallest absolute Gasteiger partial charge is 0.337 e. The first-order chi connectivity index (χ1) is 15.0. The second-order valence-electron chi connectivity index (χ2n) is 6.69. The van der Waals surface area contributed by atoms with Gasteiger partial charge in [-0.1, -0.05) is 35.6 Å². The molecule has 162 valence electrons. The molecule has 1 aromatic heterocycles. The summed E-state index contributed by atoms with van der Waals surface area (Å²) in [4.78, 5) is 12.2. The third kappa shape index (κ3) is 5.85. The summed E-state index contributed by atoms with van der Waals surface area (Å²) in [5.41, 5.74) is 5.38. The number of hydrogen-bond acceptors (Lipinski definition) is 6. The zero-order chi connectivity index (χ0) is 22.2. The lowest BCUT2D eigenvalue weighted by Gasteiger charge is -2.13. The molecular weight excluding hydrogens is 414 g/mol. The molecule has 3 rings (SSSR count). The number of ether oxygens (including phenoxy) is 1. The van der Waals surface area contributed by atoms with Crippen molar-refractivity contribution in [2.75, 3.05) is 12.4 Å². The molecule has 0 spiro atoms. The topological polar surface area (TPSA) is 106 Å². The number of aromatic nitrogens is 3. The van der Waals surface area contributed by atoms with Gasteiger partial charge < -0.3 is 9.84 Å². The number of carbonyl (C=O) groups is 1. The Hall–Kier alpha value is -3.33. The molecule has 0 aliphatic carbocycles. The van der Waals surface area contributed by atoms with Crippen molar-refractivity contribution >= 4 is 23.9 Å². The molecule has 1 heterocycles. The van der Waals surface area contributed by atoms with Crippen molar-refractivity contribution < 1.29 is 19.2 Å². The highest BCUT2D eigenvalue weighted by Gasteiger charge is 2.21. The van der Waals surface area contributed by atoms with Crippen LogP contribution in [0.5, 0.6) is 11.5 Å². The van der Waals surface area contributed by atoms with Crippen LogP contribution in [0.2, 0.25) is 0 Å². The predicted molar refractivity (Wildman–Crippen MR) is 118 cm³/mol. The molecule has 0 aliphatic heterocycles. The van der Waals surface area contributed by atoms with Crippen molar-refractivity contribution in [3.05, 3.63) is 53.6 Å². The molecule has 2 N–H and O–H groups in total. The number of nitrogens with one attached hydrogen (secondary N) is 2. The molecule has 1 amide bonds. The number of carbonyl (C=O) groups excluding carboxylic acids is 1. The number of thioether (sulfide) groups is 1. The van der Waals surface area contributed by atoms with Gasteiger partial charge in [0.25, 0.3) is 11.7 Å². The summed E-state index contributed by atoms with van der Waals surface area (Å²) in [6, 6.07) is 12.8. The number of nitrogens with zero attached hydrogens (tertiary/aromatic N) is 3. The minimum absolute atomic E-state index is 0.166. The highest BCUT2D eigenvalue weighted by molar-refractivity contribution is 7.99. The fraction of sp³-hybridized carbons (Fsp3) is 0.273. The fourth-order valence-electron chi connectivity index (χ4n) is 2.87. The molecule has 0 atom stereocenters. The highest BCUT2D eigenvalue weighted by Crippen LogP contribution is 2.23. The second-order valence-corrected chi connectivity index (χ2v) is 7.63. The van der Waals surface area contributed by atoms with Gasteiger partial charge in [-0.2, -0.15) is 5.10 Å². The largest absolute Gasteiger partial charge is 0.870 e. The van der Waals surface area contributed by atoms with E-state index in [0.29, 0.717) is 12.2 Å². The van der Waals surface area contributed by atoms with Crippen LogP contribution in [0.15, 0.2) is 52.7 Å². The standard InChI is InChI=1S/C22H25N5O3S/c1-4-27-21(17-9-6-15(3)7-10-17)25-26-22(27)31-14-20(29)24-23-13-16-8-11-18(28)19(12-16)30-5-2/h6-13H,4-5,14H2,1-3H3,(H2,23,24,28,29). The van der Waals surface area contributed by atoms with E-state index in [2.05, 4.69) is 32.9 Å². The maximum absolute atomic E-state index is 12.2. The molecule has 9 heteroatoms. The predicted octanol–water partition coefficient (Wildman–Crippen LogP) is 2.41. The summed E-state index contributed by atoms with van der Waals surface area (Å²) >= 11 is 1.33. The number of amides is 1. The first-order valence-electron chi connectivity index (χ1n) is 9.95. The third-order valence-corrected chi connectivity index (χ3v) is 5.38. The molecule has 0 fully saturated rings. The van der Waals surface area contributed by atoms with Gasteiger partial charge in [0, 0.05) is 0 Å². The Morgan fingerprint density at radius 1 is 1.29 bits per heavy atom. The first kappa shape index (κ1) is 22.4. The minimum atomic E-state index is -0.255. The minimum Gasteiger partial charge on any atom is -0.870 e. The van der Waals surface area contributed by atoms with Gasteiger partial charge in [0.1, 0.15) is 5.75 Å². The lowest BCUT2D eigenvalue weighted by molar-refractivity contribution is -0.719. The van der Waals surface area contributed by atoms with Gasteiger partial charge in [-0.25, -0.2) is 9.99 Å². The van der Waals surface area contributed by atoms with Crippen LogP contribution in [0.4, 0.5) is 0 Å². The summed E-state index contributed by atoms with van der Waals surface area (Å²) < 4.78 is 7.31. The Morgan fingerprint density at radius 3 is 2.77 bits per heavy atom. The van der Waals surface area contributed by atoms with Gasteiger partial charge in [0.2, 0.25) is 0 Å². The summed E-state index contributed by atoms with van der Waals surface area (Å²) in [6.45, 7) is 7.01. The van der Waals surface area contributed by atoms with E-state index in [9.17, 15) is 9.90 Å². The van der Waals surface area contributed by atoms with Crippen molar-refractivity contribution in [2.24, 2.45) is 5.10 Å². The van der Waals surface area contributed by atoms with Crippen molar-refractivity contribution in [1.82, 2.24) is 15.6 Å². The van der Waals surface area contributed by atoms with Gasteiger partial charge in [0.05, 0.1) is 35.8 Å². The zero-order valence-corrected chi connectivity index (χ0v) is 18.5. The van der Waals surface area contributed by atoms with Crippen LogP contribution in [-0.2, 0) is 11.3 Å². The van der Waals surface area contributed by atoms with Crippen LogP contribution in [0.25, 0.3) is 11.4 Å². The van der Waals surface area contributed by atoms with Gasteiger partial charge in [-0.05, 0) is 56.3 Å². The fourth-order valence-corrected chi connectivity index (χ4v) is 3.68. The molecule has 3 aromatic rings. The average Bonchev–Trinajstić information content (AvgIpc) is 3.18. The van der Waals surface area contributed by atoms with Gasteiger partial charge in [0.15, 0.2) is 0 Å². The number of benzene rings is 2. The van der Waals surface area contributed by atoms with E-state index in [0.717, 1.165) is 23.1 Å². The van der Waals surface area contributed by atoms with E-state index in [-0.39, 0.29) is 23.2 Å². The maximum atomic E-state index is 12.2. The Morgan fingerprint density at radius 2 is 2.06 bits per heavy atom. The van der Waals surface area contributed by atoms with Crippen LogP contribution in [0, 0.1) is 6.92 Å². The quantitative estimate of drug-likeness (QED) is 0.230. The number of rotatable bonds is 9. The number of aryl methyl sites for hydroxylation is 1. The van der Waals surface area contributed by atoms with E-state index in [4.69, 9.17) is 4.74 Å². The molecule has 0 saturated carbocycles. The molecular formula is C22H25N5O3S. The first-order valence-corrected chi connectivity index (χ1v) is 10.9. The molecule has 8 nitrogen and oxygen atoms in total. The SMILES string of the molecule is CCOc1cc(C=NNC(=O)CSc2n[nH]c(-c3ccc(C)cc3)[n+]2CC)ccc1[O-]. The molecule has 0 aliphatic rings. The van der Waals surface area contributed by atoms with Crippen LogP contribution < -0.4 is 19.8 Å². The molecule has 0 saturated heterocycles. The number of hydrazone groups is 1. The Kier molecular flexibility index (Phi) is 7.66. The monoisotopic (exact) mass is 439 g/mol. The summed E-state index contributed by atoms with van der Waals surface area (Å²) in [7, 11) is 0. The Bertz CT molecular complexity index is 1060. The molecule has 0 unspecified atom stereocenters. The van der Waals surface area contributed by atoms with Crippen LogP contribution >= 0.6 is 11.8 Å². The second kappa shape index (κ2) is 10.6. The maximum Gasteiger partial charge on any atom is 0.337 e. The number of H-pyrrole nitrogens is 1. The molecule has 2 aromatic carbocycles. The van der Waals surface area contributed by atoms with Crippen molar-refractivity contribution in [1.29, 1.82) is 0 Å². The van der Waals surface area contributed by atoms with Crippen LogP contribution in [0.1, 0.15) is 25.0 Å². The van der Waals surface area contributed by atoms with E-state index < -0.39 is 0 Å². The van der Waals surface area contributed by atoms with E-state index >= 15 is 0 Å². The van der Waals surface area contributed by atoms with Gasteiger partial charge in [-0.3, -0.25) is 4.79 Å². The molecule has 0 bridgehead atoms. The average molecular weight is 440 g/mol. The van der Waals surface area contributed by atoms with Crippen LogP contribution in [0.3, 0.4) is 0 Å². The number of aromatic amines is 1. The lowest BCUT2D eigenvalue weighted by Crippen LogP contribution is -2.36. The summed E-state index contributed by atoms with van der Waals surface area (Å²) in [5, 5.41) is 23.8. The Balaban J connectivity index is 1.58.